The quantitative estimate of drug-likeness (QED) is 0.458. The number of aryl methyl sites for hydroxylation is 1. The molecule has 0 unspecified atom stereocenters. The molecule has 138 valence electrons. The molecular weight excluding hydrogens is 354 g/mol. The van der Waals surface area contributed by atoms with Crippen molar-refractivity contribution in [2.24, 2.45) is 0 Å². The number of para-hydroxylation sites is 1. The van der Waals surface area contributed by atoms with E-state index in [1.54, 1.807) is 18.4 Å². The van der Waals surface area contributed by atoms with E-state index in [0.29, 0.717) is 0 Å². The lowest BCUT2D eigenvalue weighted by Gasteiger charge is -2.22. The standard InChI is InChI=1S/C22H23N3OS/c1-17-7-5-11-25-15-19(23-22(17)25)14-24(16-20-9-6-12-27-20)13-18-8-3-4-10-21(18)26-2/h3-12,15H,13-14,16H2,1-2H3. The van der Waals surface area contributed by atoms with E-state index in [9.17, 15) is 0 Å². The first kappa shape index (κ1) is 17.8. The van der Waals surface area contributed by atoms with Gasteiger partial charge in [-0.15, -0.1) is 11.3 Å². The first-order chi connectivity index (χ1) is 13.2. The normalized spacial score (nSPS) is 11.4. The van der Waals surface area contributed by atoms with E-state index in [2.05, 4.69) is 70.4 Å². The van der Waals surface area contributed by atoms with E-state index in [1.165, 1.54) is 16.0 Å². The van der Waals surface area contributed by atoms with Crippen molar-refractivity contribution < 1.29 is 4.74 Å². The summed E-state index contributed by atoms with van der Waals surface area (Å²) in [4.78, 5) is 8.63. The van der Waals surface area contributed by atoms with Gasteiger partial charge in [0.2, 0.25) is 0 Å². The molecule has 0 aliphatic rings. The minimum atomic E-state index is 0.789. The molecule has 0 bridgehead atoms. The summed E-state index contributed by atoms with van der Waals surface area (Å²) in [7, 11) is 1.73. The Morgan fingerprint density at radius 1 is 1.04 bits per heavy atom. The number of imidazole rings is 1. The first-order valence-electron chi connectivity index (χ1n) is 9.03. The zero-order valence-electron chi connectivity index (χ0n) is 15.6. The van der Waals surface area contributed by atoms with Crippen LogP contribution in [0.5, 0.6) is 5.75 Å². The molecule has 3 heterocycles. The van der Waals surface area contributed by atoms with E-state index in [0.717, 1.165) is 36.7 Å². The van der Waals surface area contributed by atoms with Crippen molar-refractivity contribution in [3.8, 4) is 5.75 Å². The topological polar surface area (TPSA) is 29.8 Å². The summed E-state index contributed by atoms with van der Waals surface area (Å²) in [6.45, 7) is 4.60. The average molecular weight is 378 g/mol. The van der Waals surface area contributed by atoms with Gasteiger partial charge in [0.15, 0.2) is 0 Å². The second kappa shape index (κ2) is 7.94. The highest BCUT2D eigenvalue weighted by atomic mass is 32.1. The Labute approximate surface area is 163 Å². The molecule has 4 aromatic rings. The maximum Gasteiger partial charge on any atom is 0.139 e. The third-order valence-corrected chi connectivity index (χ3v) is 5.52. The number of hydrogen-bond acceptors (Lipinski definition) is 4. The highest BCUT2D eigenvalue weighted by Crippen LogP contribution is 2.23. The van der Waals surface area contributed by atoms with Crippen LogP contribution in [0.15, 0.2) is 66.3 Å². The Morgan fingerprint density at radius 3 is 2.70 bits per heavy atom. The molecule has 5 heteroatoms. The molecule has 3 aromatic heterocycles. The van der Waals surface area contributed by atoms with E-state index >= 15 is 0 Å². The van der Waals surface area contributed by atoms with Crippen molar-refractivity contribution in [1.82, 2.24) is 14.3 Å². The van der Waals surface area contributed by atoms with Gasteiger partial charge >= 0.3 is 0 Å². The molecule has 27 heavy (non-hydrogen) atoms. The van der Waals surface area contributed by atoms with Crippen molar-refractivity contribution in [2.75, 3.05) is 7.11 Å². The lowest BCUT2D eigenvalue weighted by molar-refractivity contribution is 0.243. The molecule has 0 N–H and O–H groups in total. The largest absolute Gasteiger partial charge is 0.496 e. The van der Waals surface area contributed by atoms with Gasteiger partial charge < -0.3 is 9.14 Å². The number of rotatable bonds is 7. The molecule has 0 aliphatic carbocycles. The van der Waals surface area contributed by atoms with Crippen LogP contribution in [0.2, 0.25) is 0 Å². The van der Waals surface area contributed by atoms with Gasteiger partial charge in [0.05, 0.1) is 12.8 Å². The minimum Gasteiger partial charge on any atom is -0.496 e. The van der Waals surface area contributed by atoms with Crippen LogP contribution in [0.25, 0.3) is 5.65 Å². The lowest BCUT2D eigenvalue weighted by Crippen LogP contribution is -2.22. The van der Waals surface area contributed by atoms with Crippen molar-refractivity contribution in [2.45, 2.75) is 26.6 Å². The molecule has 0 aliphatic heterocycles. The number of methoxy groups -OCH3 is 1. The highest BCUT2D eigenvalue weighted by Gasteiger charge is 2.14. The van der Waals surface area contributed by atoms with Crippen molar-refractivity contribution in [1.29, 1.82) is 0 Å². The fourth-order valence-corrected chi connectivity index (χ4v) is 4.12. The van der Waals surface area contributed by atoms with Gasteiger partial charge in [-0.05, 0) is 36.1 Å². The molecule has 1 aromatic carbocycles. The van der Waals surface area contributed by atoms with Gasteiger partial charge in [-0.2, -0.15) is 0 Å². The average Bonchev–Trinajstić information content (AvgIpc) is 3.32. The molecular formula is C22H23N3OS. The van der Waals surface area contributed by atoms with Crippen molar-refractivity contribution in [3.63, 3.8) is 0 Å². The number of ether oxygens (including phenoxy) is 1. The van der Waals surface area contributed by atoms with E-state index in [1.807, 2.05) is 12.1 Å². The number of fused-ring (bicyclic) bond motifs is 1. The molecule has 0 saturated carbocycles. The second-order valence-corrected chi connectivity index (χ2v) is 7.72. The predicted octanol–water partition coefficient (Wildman–Crippen LogP) is 4.92. The van der Waals surface area contributed by atoms with Crippen LogP contribution < -0.4 is 4.74 Å². The summed E-state index contributed by atoms with van der Waals surface area (Å²) in [5, 5.41) is 2.13. The van der Waals surface area contributed by atoms with E-state index < -0.39 is 0 Å². The van der Waals surface area contributed by atoms with Crippen molar-refractivity contribution >= 4 is 17.0 Å². The predicted molar refractivity (Wildman–Crippen MR) is 110 cm³/mol. The van der Waals surface area contributed by atoms with Crippen LogP contribution in [-0.4, -0.2) is 21.4 Å². The number of thiophene rings is 1. The smallest absolute Gasteiger partial charge is 0.139 e. The Balaban J connectivity index is 1.61. The summed E-state index contributed by atoms with van der Waals surface area (Å²) >= 11 is 1.79. The van der Waals surface area contributed by atoms with Crippen LogP contribution in [0.3, 0.4) is 0 Å². The number of benzene rings is 1. The van der Waals surface area contributed by atoms with E-state index in [-0.39, 0.29) is 0 Å². The number of nitrogens with zero attached hydrogens (tertiary/aromatic N) is 3. The fourth-order valence-electron chi connectivity index (χ4n) is 3.37. The van der Waals surface area contributed by atoms with E-state index in [4.69, 9.17) is 9.72 Å². The second-order valence-electron chi connectivity index (χ2n) is 6.69. The summed E-state index contributed by atoms with van der Waals surface area (Å²) in [6.07, 6.45) is 4.19. The molecule has 0 radical (unpaired) electrons. The molecule has 0 amide bonds. The SMILES string of the molecule is COc1ccccc1CN(Cc1cn2cccc(C)c2n1)Cc1cccs1. The summed E-state index contributed by atoms with van der Waals surface area (Å²) in [5.74, 6) is 0.930. The van der Waals surface area contributed by atoms with Crippen molar-refractivity contribution in [3.05, 3.63) is 88.0 Å². The number of aromatic nitrogens is 2. The van der Waals surface area contributed by atoms with Crippen LogP contribution in [0, 0.1) is 6.92 Å². The highest BCUT2D eigenvalue weighted by molar-refractivity contribution is 7.09. The maximum atomic E-state index is 5.55. The number of hydrogen-bond donors (Lipinski definition) is 0. The third-order valence-electron chi connectivity index (χ3n) is 4.66. The Bertz CT molecular complexity index is 1020. The molecule has 4 nitrogen and oxygen atoms in total. The Morgan fingerprint density at radius 2 is 1.93 bits per heavy atom. The van der Waals surface area contributed by atoms with Gasteiger partial charge in [0.25, 0.3) is 0 Å². The molecule has 4 rings (SSSR count). The van der Waals surface area contributed by atoms with Crippen LogP contribution in [-0.2, 0) is 19.6 Å². The maximum absolute atomic E-state index is 5.55. The Kier molecular flexibility index (Phi) is 5.23. The van der Waals surface area contributed by atoms with Gasteiger partial charge in [-0.25, -0.2) is 4.98 Å². The van der Waals surface area contributed by atoms with Gasteiger partial charge in [-0.3, -0.25) is 4.90 Å². The first-order valence-corrected chi connectivity index (χ1v) is 9.91. The summed E-state index contributed by atoms with van der Waals surface area (Å²) in [5.41, 5.74) is 4.49. The van der Waals surface area contributed by atoms with Gasteiger partial charge in [0, 0.05) is 42.5 Å². The zero-order chi connectivity index (χ0) is 18.6. The number of pyridine rings is 1. The monoisotopic (exact) mass is 377 g/mol. The van der Waals surface area contributed by atoms with Gasteiger partial charge in [-0.1, -0.05) is 30.3 Å². The molecule has 0 atom stereocenters. The zero-order valence-corrected chi connectivity index (χ0v) is 16.4. The summed E-state index contributed by atoms with van der Waals surface area (Å²) < 4.78 is 7.66. The summed E-state index contributed by atoms with van der Waals surface area (Å²) in [6, 6.07) is 16.7. The van der Waals surface area contributed by atoms with Crippen LogP contribution in [0.1, 0.15) is 21.7 Å². The fraction of sp³-hybridized carbons (Fsp3) is 0.227. The molecule has 0 saturated heterocycles. The molecule has 0 fully saturated rings. The van der Waals surface area contributed by atoms with Crippen LogP contribution >= 0.6 is 11.3 Å². The Hall–Kier alpha value is -2.63. The van der Waals surface area contributed by atoms with Gasteiger partial charge in [0.1, 0.15) is 11.4 Å². The third kappa shape index (κ3) is 4.04. The minimum absolute atomic E-state index is 0.789. The lowest BCUT2D eigenvalue weighted by atomic mass is 10.2. The van der Waals surface area contributed by atoms with Crippen LogP contribution in [0.4, 0.5) is 0 Å². The molecule has 0 spiro atoms.